The van der Waals surface area contributed by atoms with Crippen LogP contribution in [0.3, 0.4) is 0 Å². The second kappa shape index (κ2) is 8.41. The monoisotopic (exact) mass is 407 g/mol. The highest BCUT2D eigenvalue weighted by atomic mass is 35.5. The molecule has 8 heteroatoms. The van der Waals surface area contributed by atoms with Crippen molar-refractivity contribution in [2.24, 2.45) is 0 Å². The molecule has 0 saturated carbocycles. The van der Waals surface area contributed by atoms with Crippen molar-refractivity contribution >= 4 is 41.0 Å². The zero-order valence-corrected chi connectivity index (χ0v) is 16.6. The Bertz CT molecular complexity index is 861. The molecule has 0 aliphatic rings. The summed E-state index contributed by atoms with van der Waals surface area (Å²) in [5.74, 6) is -1.18. The van der Waals surface area contributed by atoms with E-state index in [1.807, 2.05) is 0 Å². The predicted molar refractivity (Wildman–Crippen MR) is 105 cm³/mol. The third-order valence-corrected chi connectivity index (χ3v) is 4.11. The minimum absolute atomic E-state index is 0.158. The molecule has 6 nitrogen and oxygen atoms in total. The molecule has 0 saturated heterocycles. The highest BCUT2D eigenvalue weighted by Crippen LogP contribution is 2.16. The Kier molecular flexibility index (Phi) is 6.46. The minimum atomic E-state index is -0.799. The first-order valence-corrected chi connectivity index (χ1v) is 8.82. The molecule has 0 unspecified atom stereocenters. The van der Waals surface area contributed by atoms with Crippen molar-refractivity contribution in [3.8, 4) is 0 Å². The van der Waals surface area contributed by atoms with E-state index in [0.29, 0.717) is 10.6 Å². The van der Waals surface area contributed by atoms with Crippen LogP contribution in [0.2, 0.25) is 10.0 Å². The Labute approximate surface area is 167 Å². The summed E-state index contributed by atoms with van der Waals surface area (Å²) in [5.41, 5.74) is 2.20. The lowest BCUT2D eigenvalue weighted by molar-refractivity contribution is 0.0640. The summed E-state index contributed by atoms with van der Waals surface area (Å²) in [6, 6.07) is 11.8. The molecule has 2 rings (SSSR count). The molecule has 27 heavy (non-hydrogen) atoms. The van der Waals surface area contributed by atoms with Gasteiger partial charge in [-0.15, -0.1) is 0 Å². The molecular formula is C19H19Cl2N3O3. The summed E-state index contributed by atoms with van der Waals surface area (Å²) in [4.78, 5) is 37.4. The van der Waals surface area contributed by atoms with Crippen molar-refractivity contribution in [1.29, 1.82) is 0 Å². The standard InChI is InChI=1S/C19H19Cl2N3O3/c1-19(2,3)24(23-16(25)12-8-10-13(20)11-9-12)18(27)22-17(26)14-6-4-5-7-15(14)21/h4-11H,1-3H3,(H,23,25)(H,22,26,27). The average molecular weight is 408 g/mol. The summed E-state index contributed by atoms with van der Waals surface area (Å²) < 4.78 is 0. The summed E-state index contributed by atoms with van der Waals surface area (Å²) in [6.07, 6.45) is 0. The summed E-state index contributed by atoms with van der Waals surface area (Å²) in [5, 5.41) is 4.00. The number of hydrogen-bond acceptors (Lipinski definition) is 3. The third-order valence-electron chi connectivity index (χ3n) is 3.53. The molecule has 0 aliphatic carbocycles. The maximum Gasteiger partial charge on any atom is 0.343 e. The van der Waals surface area contributed by atoms with Gasteiger partial charge < -0.3 is 0 Å². The zero-order valence-electron chi connectivity index (χ0n) is 15.0. The van der Waals surface area contributed by atoms with Gasteiger partial charge in [-0.3, -0.25) is 20.3 Å². The Balaban J connectivity index is 2.17. The maximum atomic E-state index is 12.6. The first kappa shape index (κ1) is 20.7. The topological polar surface area (TPSA) is 78.5 Å². The molecular weight excluding hydrogens is 389 g/mol. The predicted octanol–water partition coefficient (Wildman–Crippen LogP) is 4.29. The van der Waals surface area contributed by atoms with Crippen LogP contribution in [-0.4, -0.2) is 28.4 Å². The summed E-state index contributed by atoms with van der Waals surface area (Å²) in [6.45, 7) is 5.15. The molecule has 2 N–H and O–H groups in total. The lowest BCUT2D eigenvalue weighted by atomic mass is 10.1. The van der Waals surface area contributed by atoms with Gasteiger partial charge in [0, 0.05) is 10.6 Å². The number of halogens is 2. The highest BCUT2D eigenvalue weighted by molar-refractivity contribution is 6.34. The van der Waals surface area contributed by atoms with E-state index in [4.69, 9.17) is 23.2 Å². The van der Waals surface area contributed by atoms with Crippen molar-refractivity contribution in [3.05, 3.63) is 69.7 Å². The molecule has 4 amide bonds. The number of imide groups is 1. The average Bonchev–Trinajstić information content (AvgIpc) is 2.59. The van der Waals surface area contributed by atoms with Crippen molar-refractivity contribution in [3.63, 3.8) is 0 Å². The van der Waals surface area contributed by atoms with Gasteiger partial charge in [0.1, 0.15) is 0 Å². The van der Waals surface area contributed by atoms with Gasteiger partial charge in [-0.25, -0.2) is 9.80 Å². The van der Waals surface area contributed by atoms with Crippen molar-refractivity contribution in [2.75, 3.05) is 0 Å². The van der Waals surface area contributed by atoms with E-state index >= 15 is 0 Å². The van der Waals surface area contributed by atoms with Crippen LogP contribution in [-0.2, 0) is 0 Å². The van der Waals surface area contributed by atoms with Crippen LogP contribution < -0.4 is 10.7 Å². The number of urea groups is 1. The summed E-state index contributed by atoms with van der Waals surface area (Å²) >= 11 is 11.8. The fourth-order valence-electron chi connectivity index (χ4n) is 2.16. The first-order chi connectivity index (χ1) is 12.6. The molecule has 0 aliphatic heterocycles. The van der Waals surface area contributed by atoms with E-state index in [-0.39, 0.29) is 10.6 Å². The SMILES string of the molecule is CC(C)(C)N(NC(=O)c1ccc(Cl)cc1)C(=O)NC(=O)c1ccccc1Cl. The number of rotatable bonds is 2. The number of amides is 4. The lowest BCUT2D eigenvalue weighted by Crippen LogP contribution is -2.59. The van der Waals surface area contributed by atoms with Gasteiger partial charge in [0.15, 0.2) is 0 Å². The number of hydrazine groups is 1. The van der Waals surface area contributed by atoms with Gasteiger partial charge in [0.25, 0.3) is 11.8 Å². The molecule has 0 atom stereocenters. The van der Waals surface area contributed by atoms with Crippen molar-refractivity contribution in [1.82, 2.24) is 15.8 Å². The maximum absolute atomic E-state index is 12.6. The van der Waals surface area contributed by atoms with Gasteiger partial charge in [0.05, 0.1) is 16.1 Å². The molecule has 0 heterocycles. The second-order valence-corrected chi connectivity index (χ2v) is 7.54. The van der Waals surface area contributed by atoms with E-state index in [1.54, 1.807) is 51.1 Å². The highest BCUT2D eigenvalue weighted by Gasteiger charge is 2.30. The van der Waals surface area contributed by atoms with Crippen LogP contribution in [0, 0.1) is 0 Å². The Morgan fingerprint density at radius 3 is 2.04 bits per heavy atom. The van der Waals surface area contributed by atoms with Gasteiger partial charge in [-0.05, 0) is 57.2 Å². The zero-order chi connectivity index (χ0) is 20.2. The van der Waals surface area contributed by atoms with Crippen LogP contribution in [0.4, 0.5) is 4.79 Å². The van der Waals surface area contributed by atoms with E-state index in [1.165, 1.54) is 18.2 Å². The Morgan fingerprint density at radius 2 is 1.48 bits per heavy atom. The molecule has 0 spiro atoms. The molecule has 142 valence electrons. The van der Waals surface area contributed by atoms with Gasteiger partial charge in [0.2, 0.25) is 0 Å². The minimum Gasteiger partial charge on any atom is -0.272 e. The van der Waals surface area contributed by atoms with Crippen LogP contribution in [0.15, 0.2) is 48.5 Å². The van der Waals surface area contributed by atoms with E-state index in [9.17, 15) is 14.4 Å². The number of nitrogens with one attached hydrogen (secondary N) is 2. The number of benzene rings is 2. The van der Waals surface area contributed by atoms with Crippen molar-refractivity contribution < 1.29 is 14.4 Å². The Hall–Kier alpha value is -2.57. The molecule has 0 fully saturated rings. The molecule has 0 bridgehead atoms. The summed E-state index contributed by atoms with van der Waals surface area (Å²) in [7, 11) is 0. The van der Waals surface area contributed by atoms with Crippen LogP contribution >= 0.6 is 23.2 Å². The van der Waals surface area contributed by atoms with Gasteiger partial charge in [-0.2, -0.15) is 0 Å². The second-order valence-electron chi connectivity index (χ2n) is 6.69. The molecule has 2 aromatic carbocycles. The van der Waals surface area contributed by atoms with Gasteiger partial charge in [-0.1, -0.05) is 35.3 Å². The van der Waals surface area contributed by atoms with Crippen LogP contribution in [0.25, 0.3) is 0 Å². The van der Waals surface area contributed by atoms with E-state index < -0.39 is 23.4 Å². The molecule has 2 aromatic rings. The fourth-order valence-corrected chi connectivity index (χ4v) is 2.50. The van der Waals surface area contributed by atoms with Crippen LogP contribution in [0.5, 0.6) is 0 Å². The van der Waals surface area contributed by atoms with E-state index in [0.717, 1.165) is 5.01 Å². The lowest BCUT2D eigenvalue weighted by Gasteiger charge is -2.35. The number of carbonyl (C=O) groups is 3. The van der Waals surface area contributed by atoms with Crippen LogP contribution in [0.1, 0.15) is 41.5 Å². The normalized spacial score (nSPS) is 10.9. The largest absolute Gasteiger partial charge is 0.343 e. The number of nitrogens with zero attached hydrogens (tertiary/aromatic N) is 1. The molecule has 0 radical (unpaired) electrons. The third kappa shape index (κ3) is 5.45. The van der Waals surface area contributed by atoms with Gasteiger partial charge >= 0.3 is 6.03 Å². The quantitative estimate of drug-likeness (QED) is 0.728. The smallest absolute Gasteiger partial charge is 0.272 e. The Morgan fingerprint density at radius 1 is 0.889 bits per heavy atom. The van der Waals surface area contributed by atoms with Crippen molar-refractivity contribution in [2.45, 2.75) is 26.3 Å². The van der Waals surface area contributed by atoms with E-state index in [2.05, 4.69) is 10.7 Å². The number of carbonyl (C=O) groups excluding carboxylic acids is 3. The number of hydrogen-bond donors (Lipinski definition) is 2. The molecule has 0 aromatic heterocycles. The first-order valence-electron chi connectivity index (χ1n) is 8.06. The fraction of sp³-hybridized carbons (Fsp3) is 0.211.